The maximum Gasteiger partial charge on any atom is 0.410 e. The first-order valence-corrected chi connectivity index (χ1v) is 15.4. The number of methoxy groups -OCH3 is 1. The number of Topliss-reactive ketones (excluding diaryl/α,β-unsaturated/α-hetero) is 1. The Morgan fingerprint density at radius 1 is 1.00 bits per heavy atom. The molecule has 0 radical (unpaired) electrons. The Hall–Kier alpha value is -4.14. The van der Waals surface area contributed by atoms with Gasteiger partial charge in [0.25, 0.3) is 0 Å². The number of hydrogen-bond acceptors (Lipinski definition) is 6. The topological polar surface area (TPSA) is 95.7 Å². The summed E-state index contributed by atoms with van der Waals surface area (Å²) in [7, 11) is 1.35. The molecule has 9 nitrogen and oxygen atoms in total. The highest BCUT2D eigenvalue weighted by Gasteiger charge is 2.32. The van der Waals surface area contributed by atoms with Crippen molar-refractivity contribution in [1.29, 1.82) is 0 Å². The van der Waals surface area contributed by atoms with Gasteiger partial charge in [-0.15, -0.1) is 0 Å². The van der Waals surface area contributed by atoms with Crippen molar-refractivity contribution in [1.82, 2.24) is 19.0 Å². The highest BCUT2D eigenvalue weighted by Crippen LogP contribution is 2.41. The molecule has 1 aliphatic carbocycles. The molecule has 1 amide bonds. The van der Waals surface area contributed by atoms with Gasteiger partial charge in [-0.3, -0.25) is 4.79 Å². The van der Waals surface area contributed by atoms with Gasteiger partial charge >= 0.3 is 12.1 Å². The molecule has 7 rings (SSSR count). The summed E-state index contributed by atoms with van der Waals surface area (Å²) in [4.78, 5) is 45.0. The lowest BCUT2D eigenvalue weighted by Crippen LogP contribution is -2.41. The lowest BCUT2D eigenvalue weighted by molar-refractivity contribution is 0.0204. The van der Waals surface area contributed by atoms with Crippen LogP contribution in [0.15, 0.2) is 36.4 Å². The van der Waals surface area contributed by atoms with Crippen molar-refractivity contribution in [3.8, 4) is 11.5 Å². The van der Waals surface area contributed by atoms with E-state index in [1.165, 1.54) is 36.4 Å². The molecule has 2 aromatic carbocycles. The van der Waals surface area contributed by atoms with E-state index in [-0.39, 0.29) is 11.9 Å². The zero-order valence-corrected chi connectivity index (χ0v) is 25.3. The SMILES string of the molecule is COC(=O)c1cc2c3c(c1)nc(-c1cc4cccc(C5CCN(C(=O)OC(C)(C)C)CC5)c4n1CC1CC1)n3CCC2=O. The van der Waals surface area contributed by atoms with E-state index < -0.39 is 11.6 Å². The van der Waals surface area contributed by atoms with E-state index in [1.54, 1.807) is 12.1 Å². The number of benzene rings is 2. The number of ketones is 1. The Morgan fingerprint density at radius 2 is 1.77 bits per heavy atom. The van der Waals surface area contributed by atoms with Crippen LogP contribution in [-0.2, 0) is 22.6 Å². The second-order valence-corrected chi connectivity index (χ2v) is 13.3. The Kier molecular flexibility index (Phi) is 6.59. The number of para-hydroxylation sites is 1. The van der Waals surface area contributed by atoms with Crippen molar-refractivity contribution >= 4 is 39.8 Å². The van der Waals surface area contributed by atoms with Crippen LogP contribution in [0, 0.1) is 5.92 Å². The summed E-state index contributed by atoms with van der Waals surface area (Å²) in [5.41, 5.74) is 5.38. The lowest BCUT2D eigenvalue weighted by atomic mass is 9.88. The average Bonchev–Trinajstić information content (AvgIpc) is 3.63. The molecule has 224 valence electrons. The van der Waals surface area contributed by atoms with Crippen LogP contribution < -0.4 is 0 Å². The van der Waals surface area contributed by atoms with Gasteiger partial charge in [0.05, 0.1) is 34.9 Å². The first-order valence-electron chi connectivity index (χ1n) is 15.4. The van der Waals surface area contributed by atoms with E-state index in [1.807, 2.05) is 25.7 Å². The first kappa shape index (κ1) is 27.7. The van der Waals surface area contributed by atoms with Crippen molar-refractivity contribution in [2.24, 2.45) is 5.92 Å². The van der Waals surface area contributed by atoms with E-state index in [2.05, 4.69) is 33.4 Å². The van der Waals surface area contributed by atoms with Gasteiger partial charge in [0.1, 0.15) is 5.60 Å². The Bertz CT molecular complexity index is 1780. The Balaban J connectivity index is 1.31. The minimum atomic E-state index is -0.508. The molecule has 2 aliphatic heterocycles. The predicted octanol–water partition coefficient (Wildman–Crippen LogP) is 6.56. The van der Waals surface area contributed by atoms with Crippen LogP contribution in [0.5, 0.6) is 0 Å². The number of piperidine rings is 1. The lowest BCUT2D eigenvalue weighted by Gasteiger charge is -2.34. The third-order valence-electron chi connectivity index (χ3n) is 9.03. The first-order chi connectivity index (χ1) is 20.6. The van der Waals surface area contributed by atoms with Crippen LogP contribution in [-0.4, -0.2) is 62.7 Å². The normalized spacial score (nSPS) is 17.6. The molecule has 1 saturated heterocycles. The molecule has 0 bridgehead atoms. The van der Waals surface area contributed by atoms with Gasteiger partial charge in [-0.1, -0.05) is 18.2 Å². The second kappa shape index (κ2) is 10.2. The maximum absolute atomic E-state index is 13.0. The largest absolute Gasteiger partial charge is 0.465 e. The van der Waals surface area contributed by atoms with Crippen molar-refractivity contribution < 1.29 is 23.9 Å². The molecule has 3 aliphatic rings. The number of imidazole rings is 1. The molecule has 9 heteroatoms. The van der Waals surface area contributed by atoms with Crippen LogP contribution in [0.3, 0.4) is 0 Å². The fourth-order valence-electron chi connectivity index (χ4n) is 6.79. The molecule has 2 fully saturated rings. The zero-order chi connectivity index (χ0) is 30.0. The second-order valence-electron chi connectivity index (χ2n) is 13.3. The molecule has 0 unspecified atom stereocenters. The number of aromatic nitrogens is 3. The van der Waals surface area contributed by atoms with E-state index in [9.17, 15) is 14.4 Å². The van der Waals surface area contributed by atoms with Gasteiger partial charge in [-0.2, -0.15) is 0 Å². The summed E-state index contributed by atoms with van der Waals surface area (Å²) in [6, 6.07) is 12.2. The van der Waals surface area contributed by atoms with Crippen LogP contribution in [0.4, 0.5) is 4.79 Å². The number of nitrogens with zero attached hydrogens (tertiary/aromatic N) is 4. The van der Waals surface area contributed by atoms with E-state index in [4.69, 9.17) is 14.5 Å². The number of amides is 1. The molecule has 43 heavy (non-hydrogen) atoms. The highest BCUT2D eigenvalue weighted by atomic mass is 16.6. The van der Waals surface area contributed by atoms with Gasteiger partial charge in [-0.25, -0.2) is 14.6 Å². The third kappa shape index (κ3) is 4.98. The Labute approximate surface area is 250 Å². The highest BCUT2D eigenvalue weighted by molar-refractivity contribution is 6.11. The predicted molar refractivity (Wildman–Crippen MR) is 163 cm³/mol. The molecule has 0 spiro atoms. The minimum absolute atomic E-state index is 0.0215. The minimum Gasteiger partial charge on any atom is -0.465 e. The number of rotatable bonds is 5. The fourth-order valence-corrected chi connectivity index (χ4v) is 6.79. The molecule has 4 heterocycles. The number of carbonyl (C=O) groups is 3. The van der Waals surface area contributed by atoms with Crippen LogP contribution >= 0.6 is 0 Å². The number of esters is 1. The summed E-state index contributed by atoms with van der Waals surface area (Å²) in [6.07, 6.45) is 4.31. The van der Waals surface area contributed by atoms with E-state index >= 15 is 0 Å². The summed E-state index contributed by atoms with van der Waals surface area (Å²) in [5.74, 6) is 1.33. The van der Waals surface area contributed by atoms with Crippen molar-refractivity contribution in [3.63, 3.8) is 0 Å². The number of fused-ring (bicyclic) bond motifs is 1. The van der Waals surface area contributed by atoms with Crippen LogP contribution in [0.25, 0.3) is 33.5 Å². The van der Waals surface area contributed by atoms with Crippen LogP contribution in [0.2, 0.25) is 0 Å². The maximum atomic E-state index is 13.0. The van der Waals surface area contributed by atoms with Gasteiger partial charge in [0.15, 0.2) is 11.6 Å². The molecular weight excluding hydrogens is 544 g/mol. The molecular formula is C34H38N4O5. The van der Waals surface area contributed by atoms with Gasteiger partial charge < -0.3 is 23.5 Å². The molecule has 4 aromatic rings. The zero-order valence-electron chi connectivity index (χ0n) is 25.3. The number of carbonyl (C=O) groups excluding carboxylic acids is 3. The van der Waals surface area contributed by atoms with E-state index in [0.717, 1.165) is 36.4 Å². The van der Waals surface area contributed by atoms with Crippen molar-refractivity contribution in [3.05, 3.63) is 53.1 Å². The third-order valence-corrected chi connectivity index (χ3v) is 9.03. The summed E-state index contributed by atoms with van der Waals surface area (Å²) >= 11 is 0. The number of likely N-dealkylation sites (tertiary alicyclic amines) is 1. The van der Waals surface area contributed by atoms with Crippen molar-refractivity contribution in [2.45, 2.75) is 77.5 Å². The summed E-state index contributed by atoms with van der Waals surface area (Å²) in [5, 5.41) is 1.17. The van der Waals surface area contributed by atoms with Gasteiger partial charge in [-0.05, 0) is 82.1 Å². The quantitative estimate of drug-likeness (QED) is 0.248. The monoisotopic (exact) mass is 582 g/mol. The standard InChI is InChI=1S/C34H38N4O5/c1-34(2,3)43-33(41)36-13-10-21(11-14-36)24-7-5-6-22-18-27(38(29(22)24)19-20-8-9-20)31-35-26-17-23(32(40)42-4)16-25-28(39)12-15-37(31)30(25)26/h5-7,16-18,20-21H,8-15,19H2,1-4H3. The Morgan fingerprint density at radius 3 is 2.47 bits per heavy atom. The molecule has 2 aromatic heterocycles. The fraction of sp³-hybridized carbons (Fsp3) is 0.471. The smallest absolute Gasteiger partial charge is 0.410 e. The molecule has 1 saturated carbocycles. The molecule has 0 atom stereocenters. The van der Waals surface area contributed by atoms with Gasteiger partial charge in [0, 0.05) is 43.5 Å². The number of aryl methyl sites for hydroxylation is 1. The summed E-state index contributed by atoms with van der Waals surface area (Å²) in [6.45, 7) is 8.50. The number of hydrogen-bond donors (Lipinski definition) is 0. The van der Waals surface area contributed by atoms with E-state index in [0.29, 0.717) is 54.5 Å². The van der Waals surface area contributed by atoms with Gasteiger partial charge in [0.2, 0.25) is 0 Å². The van der Waals surface area contributed by atoms with Crippen molar-refractivity contribution in [2.75, 3.05) is 20.2 Å². The number of ether oxygens (including phenoxy) is 2. The average molecular weight is 583 g/mol. The molecule has 0 N–H and O–H groups in total. The van der Waals surface area contributed by atoms with Crippen LogP contribution in [0.1, 0.15) is 85.1 Å². The summed E-state index contributed by atoms with van der Waals surface area (Å²) < 4.78 is 15.2.